The highest BCUT2D eigenvalue weighted by Crippen LogP contribution is 2.48. The molecule has 1 aromatic heterocycles. The van der Waals surface area contributed by atoms with E-state index in [0.29, 0.717) is 30.2 Å². The summed E-state index contributed by atoms with van der Waals surface area (Å²) < 4.78 is 14.5. The highest BCUT2D eigenvalue weighted by atomic mass is 35.5. The number of likely N-dealkylation sites (tertiary alicyclic amines) is 1. The van der Waals surface area contributed by atoms with Gasteiger partial charge in [-0.3, -0.25) is 13.9 Å². The Morgan fingerprint density at radius 3 is 2.53 bits per heavy atom. The van der Waals surface area contributed by atoms with Gasteiger partial charge in [0.1, 0.15) is 16.8 Å². The summed E-state index contributed by atoms with van der Waals surface area (Å²) in [5.41, 5.74) is -0.00825. The molecule has 182 valence electrons. The van der Waals surface area contributed by atoms with E-state index in [1.165, 1.54) is 0 Å². The SMILES string of the molecule is CS(=O)N(CC(C1CC1)N1C(=O)[C@@](C)(CC(=O)O)CC[C@H]1c1ccc(Cl)cc1)c1ccccn1. The van der Waals surface area contributed by atoms with E-state index >= 15 is 0 Å². The molecule has 2 aliphatic rings. The van der Waals surface area contributed by atoms with Crippen molar-refractivity contribution in [3.63, 3.8) is 0 Å². The molecule has 7 nitrogen and oxygen atoms in total. The fourth-order valence-corrected chi connectivity index (χ4v) is 5.85. The number of anilines is 1. The second-order valence-electron chi connectivity index (χ2n) is 9.53. The zero-order chi connectivity index (χ0) is 24.5. The molecule has 34 heavy (non-hydrogen) atoms. The topological polar surface area (TPSA) is 90.8 Å². The molecule has 1 saturated heterocycles. The molecule has 4 rings (SSSR count). The van der Waals surface area contributed by atoms with Gasteiger partial charge < -0.3 is 10.0 Å². The van der Waals surface area contributed by atoms with Crippen molar-refractivity contribution in [3.8, 4) is 0 Å². The Kier molecular flexibility index (Phi) is 7.28. The molecule has 4 atom stereocenters. The van der Waals surface area contributed by atoms with Crippen LogP contribution < -0.4 is 4.31 Å². The minimum absolute atomic E-state index is 0.152. The molecule has 0 radical (unpaired) electrons. The van der Waals surface area contributed by atoms with Gasteiger partial charge in [-0.1, -0.05) is 36.7 Å². The highest BCUT2D eigenvalue weighted by Gasteiger charge is 2.51. The van der Waals surface area contributed by atoms with Gasteiger partial charge in [-0.25, -0.2) is 9.19 Å². The number of nitrogens with zero attached hydrogens (tertiary/aromatic N) is 3. The summed E-state index contributed by atoms with van der Waals surface area (Å²) in [7, 11) is -1.35. The number of halogens is 1. The first-order chi connectivity index (χ1) is 16.2. The number of piperidine rings is 1. The van der Waals surface area contributed by atoms with Crippen LogP contribution in [0, 0.1) is 11.3 Å². The molecule has 2 aromatic rings. The maximum absolute atomic E-state index is 14.0. The molecule has 1 N–H and O–H groups in total. The van der Waals surface area contributed by atoms with Crippen LogP contribution in [0.1, 0.15) is 50.6 Å². The van der Waals surface area contributed by atoms with Crippen molar-refractivity contribution in [2.75, 3.05) is 17.1 Å². The fraction of sp³-hybridized carbons (Fsp3) is 0.480. The van der Waals surface area contributed by atoms with Crippen LogP contribution in [0.25, 0.3) is 0 Å². The summed E-state index contributed by atoms with van der Waals surface area (Å²) in [4.78, 5) is 31.9. The first kappa shape index (κ1) is 24.7. The number of carbonyl (C=O) groups excluding carboxylic acids is 1. The zero-order valence-corrected chi connectivity index (χ0v) is 21.0. The van der Waals surface area contributed by atoms with Crippen molar-refractivity contribution in [1.29, 1.82) is 0 Å². The molecular weight excluding hydrogens is 474 g/mol. The largest absolute Gasteiger partial charge is 0.481 e. The number of aromatic nitrogens is 1. The molecule has 9 heteroatoms. The Hall–Kier alpha value is -2.45. The summed E-state index contributed by atoms with van der Waals surface area (Å²) in [6.45, 7) is 2.12. The number of carbonyl (C=O) groups is 2. The molecule has 1 aromatic carbocycles. The number of hydrogen-bond acceptors (Lipinski definition) is 4. The lowest BCUT2D eigenvalue weighted by Crippen LogP contribution is -2.57. The fourth-order valence-electron chi connectivity index (χ4n) is 4.99. The summed E-state index contributed by atoms with van der Waals surface area (Å²) in [5, 5.41) is 10.2. The first-order valence-corrected chi connectivity index (χ1v) is 13.4. The second-order valence-corrected chi connectivity index (χ2v) is 11.3. The van der Waals surface area contributed by atoms with Gasteiger partial charge in [-0.05, 0) is 61.4 Å². The van der Waals surface area contributed by atoms with Crippen molar-refractivity contribution < 1.29 is 18.9 Å². The third-order valence-corrected chi connectivity index (χ3v) is 8.15. The molecule has 0 bridgehead atoms. The maximum atomic E-state index is 14.0. The van der Waals surface area contributed by atoms with E-state index in [2.05, 4.69) is 4.98 Å². The van der Waals surface area contributed by atoms with E-state index in [0.717, 1.165) is 18.4 Å². The van der Waals surface area contributed by atoms with Gasteiger partial charge in [0.25, 0.3) is 0 Å². The minimum Gasteiger partial charge on any atom is -0.481 e. The van der Waals surface area contributed by atoms with Gasteiger partial charge in [0.2, 0.25) is 5.91 Å². The summed E-state index contributed by atoms with van der Waals surface area (Å²) in [6, 6.07) is 12.6. The Balaban J connectivity index is 1.74. The van der Waals surface area contributed by atoms with Crippen LogP contribution in [0.2, 0.25) is 5.02 Å². The van der Waals surface area contributed by atoms with Crippen molar-refractivity contribution >= 4 is 40.3 Å². The van der Waals surface area contributed by atoms with Crippen molar-refractivity contribution in [3.05, 3.63) is 59.2 Å². The summed E-state index contributed by atoms with van der Waals surface area (Å²) >= 11 is 6.12. The van der Waals surface area contributed by atoms with E-state index in [-0.39, 0.29) is 30.3 Å². The number of aliphatic carboxylic acids is 1. The van der Waals surface area contributed by atoms with Gasteiger partial charge in [-0.15, -0.1) is 0 Å². The Labute approximate surface area is 207 Å². The van der Waals surface area contributed by atoms with Gasteiger partial charge in [-0.2, -0.15) is 0 Å². The van der Waals surface area contributed by atoms with Gasteiger partial charge in [0.05, 0.1) is 30.5 Å². The number of hydrogen-bond donors (Lipinski definition) is 1. The molecule has 2 fully saturated rings. The molecule has 1 aliphatic carbocycles. The van der Waals surface area contributed by atoms with E-state index in [4.69, 9.17) is 11.6 Å². The number of rotatable bonds is 9. The third-order valence-electron chi connectivity index (χ3n) is 6.94. The number of amides is 1. The highest BCUT2D eigenvalue weighted by molar-refractivity contribution is 7.85. The predicted molar refractivity (Wildman–Crippen MR) is 133 cm³/mol. The molecule has 1 saturated carbocycles. The van der Waals surface area contributed by atoms with E-state index < -0.39 is 22.4 Å². The van der Waals surface area contributed by atoms with E-state index in [1.807, 2.05) is 41.3 Å². The Morgan fingerprint density at radius 2 is 1.97 bits per heavy atom. The average molecular weight is 504 g/mol. The Bertz CT molecular complexity index is 1060. The molecule has 2 unspecified atom stereocenters. The summed E-state index contributed by atoms with van der Waals surface area (Å²) in [6.07, 6.45) is 6.16. The van der Waals surface area contributed by atoms with Crippen LogP contribution in [-0.4, -0.2) is 49.9 Å². The van der Waals surface area contributed by atoms with Gasteiger partial charge >= 0.3 is 5.97 Å². The van der Waals surface area contributed by atoms with Crippen molar-refractivity contribution in [2.24, 2.45) is 11.3 Å². The lowest BCUT2D eigenvalue weighted by molar-refractivity contribution is -0.159. The number of pyridine rings is 1. The molecule has 0 spiro atoms. The molecule has 1 amide bonds. The smallest absolute Gasteiger partial charge is 0.304 e. The minimum atomic E-state index is -1.35. The zero-order valence-electron chi connectivity index (χ0n) is 19.4. The van der Waals surface area contributed by atoms with Crippen LogP contribution in [-0.2, 0) is 20.6 Å². The predicted octanol–water partition coefficient (Wildman–Crippen LogP) is 4.46. The number of carboxylic acids is 1. The van der Waals surface area contributed by atoms with E-state index in [9.17, 15) is 18.9 Å². The van der Waals surface area contributed by atoms with Gasteiger partial charge in [0, 0.05) is 17.5 Å². The number of benzene rings is 1. The lowest BCUT2D eigenvalue weighted by Gasteiger charge is -2.49. The monoisotopic (exact) mass is 503 g/mol. The van der Waals surface area contributed by atoms with Crippen LogP contribution in [0.15, 0.2) is 48.7 Å². The van der Waals surface area contributed by atoms with Crippen LogP contribution in [0.4, 0.5) is 5.82 Å². The standard InChI is InChI=1S/C25H30ClN3O4S/c1-25(15-23(30)31)13-12-20(17-8-10-19(26)11-9-17)29(24(25)32)21(18-6-7-18)16-28(34(2)33)22-5-3-4-14-27-22/h3-5,8-11,14,18,20-21H,6-7,12-13,15-16H2,1-2H3,(H,30,31)/t20-,21?,25+,34?/m0/s1. The quantitative estimate of drug-likeness (QED) is 0.545. The summed E-state index contributed by atoms with van der Waals surface area (Å²) in [5.74, 6) is -0.273. The van der Waals surface area contributed by atoms with Crippen molar-refractivity contribution in [1.82, 2.24) is 9.88 Å². The number of carboxylic acid groups (broad SMARTS) is 1. The molecule has 2 heterocycles. The molecule has 1 aliphatic heterocycles. The lowest BCUT2D eigenvalue weighted by atomic mass is 9.74. The van der Waals surface area contributed by atoms with E-state index in [1.54, 1.807) is 29.7 Å². The van der Waals surface area contributed by atoms with Crippen molar-refractivity contribution in [2.45, 2.75) is 51.1 Å². The van der Waals surface area contributed by atoms with Gasteiger partial charge in [0.15, 0.2) is 0 Å². The normalized spacial score (nSPS) is 24.5. The average Bonchev–Trinajstić information content (AvgIpc) is 3.63. The van der Waals surface area contributed by atoms with Crippen LogP contribution in [0.3, 0.4) is 0 Å². The second kappa shape index (κ2) is 10.0. The Morgan fingerprint density at radius 1 is 1.26 bits per heavy atom. The van der Waals surface area contributed by atoms with Crippen LogP contribution >= 0.6 is 11.6 Å². The van der Waals surface area contributed by atoms with Crippen LogP contribution in [0.5, 0.6) is 0 Å². The third kappa shape index (κ3) is 5.28. The first-order valence-electron chi connectivity index (χ1n) is 11.5. The maximum Gasteiger partial charge on any atom is 0.304 e. The molecular formula is C25H30ClN3O4S.